The lowest BCUT2D eigenvalue weighted by molar-refractivity contribution is -0.133. The molecule has 2 nitrogen and oxygen atoms in total. The molecule has 21 heavy (non-hydrogen) atoms. The minimum atomic E-state index is -0.129. The van der Waals surface area contributed by atoms with Gasteiger partial charge in [-0.15, -0.1) is 0 Å². The molecule has 0 aliphatic heterocycles. The normalized spacial score (nSPS) is 21.3. The molecule has 2 heteroatoms. The monoisotopic (exact) mass is 287 g/mol. The molecule has 0 heterocycles. The van der Waals surface area contributed by atoms with Crippen molar-refractivity contribution in [2.75, 3.05) is 18.0 Å². The van der Waals surface area contributed by atoms with Gasteiger partial charge in [0.25, 0.3) is 0 Å². The molecule has 1 aromatic carbocycles. The first-order valence-corrected chi connectivity index (χ1v) is 8.39. The second-order valence-electron chi connectivity index (χ2n) is 6.97. The first-order chi connectivity index (χ1) is 10.0. The predicted molar refractivity (Wildman–Crippen MR) is 89.7 cm³/mol. The summed E-state index contributed by atoms with van der Waals surface area (Å²) in [5.74, 6) is 0.664. The van der Waals surface area contributed by atoms with Crippen LogP contribution in [-0.2, 0) is 4.79 Å². The van der Waals surface area contributed by atoms with E-state index in [9.17, 15) is 4.79 Å². The highest BCUT2D eigenvalue weighted by Gasteiger charge is 2.37. The molecule has 1 fully saturated rings. The highest BCUT2D eigenvalue weighted by atomic mass is 16.1. The Balaban J connectivity index is 2.09. The SMILES string of the molecule is CCCCN(CC1CCCC(C)(C)C1=O)c1ccccc1. The molecule has 2 rings (SSSR count). The van der Waals surface area contributed by atoms with E-state index in [-0.39, 0.29) is 11.3 Å². The van der Waals surface area contributed by atoms with Crippen molar-refractivity contribution in [1.29, 1.82) is 0 Å². The van der Waals surface area contributed by atoms with Gasteiger partial charge in [0, 0.05) is 30.1 Å². The van der Waals surface area contributed by atoms with Gasteiger partial charge in [0.1, 0.15) is 5.78 Å². The Kier molecular flexibility index (Phi) is 5.44. The van der Waals surface area contributed by atoms with E-state index in [1.807, 2.05) is 0 Å². The number of rotatable bonds is 6. The Morgan fingerprint density at radius 3 is 2.62 bits per heavy atom. The van der Waals surface area contributed by atoms with Crippen LogP contribution in [0.2, 0.25) is 0 Å². The first-order valence-electron chi connectivity index (χ1n) is 8.39. The van der Waals surface area contributed by atoms with Crippen LogP contribution in [0.25, 0.3) is 0 Å². The zero-order valence-corrected chi connectivity index (χ0v) is 13.8. The van der Waals surface area contributed by atoms with Crippen LogP contribution in [0.5, 0.6) is 0 Å². The molecule has 1 unspecified atom stereocenters. The van der Waals surface area contributed by atoms with E-state index < -0.39 is 0 Å². The van der Waals surface area contributed by atoms with Crippen molar-refractivity contribution in [3.05, 3.63) is 30.3 Å². The number of nitrogens with zero attached hydrogens (tertiary/aromatic N) is 1. The number of benzene rings is 1. The highest BCUT2D eigenvalue weighted by molar-refractivity contribution is 5.87. The number of carbonyl (C=O) groups excluding carboxylic acids is 1. The zero-order valence-electron chi connectivity index (χ0n) is 13.8. The van der Waals surface area contributed by atoms with Crippen molar-refractivity contribution in [3.8, 4) is 0 Å². The minimum absolute atomic E-state index is 0.129. The van der Waals surface area contributed by atoms with E-state index in [1.54, 1.807) is 0 Å². The molecular formula is C19H29NO. The molecule has 1 atom stereocenters. The summed E-state index contributed by atoms with van der Waals surface area (Å²) >= 11 is 0. The van der Waals surface area contributed by atoms with Crippen molar-refractivity contribution in [2.45, 2.75) is 52.9 Å². The Morgan fingerprint density at radius 2 is 1.95 bits per heavy atom. The predicted octanol–water partition coefficient (Wildman–Crippen LogP) is 4.69. The Hall–Kier alpha value is -1.31. The number of hydrogen-bond donors (Lipinski definition) is 0. The Morgan fingerprint density at radius 1 is 1.24 bits per heavy atom. The molecule has 1 aromatic rings. The van der Waals surface area contributed by atoms with E-state index >= 15 is 0 Å². The number of carbonyl (C=O) groups is 1. The van der Waals surface area contributed by atoms with Crippen LogP contribution in [0, 0.1) is 11.3 Å². The summed E-state index contributed by atoms with van der Waals surface area (Å²) in [6.07, 6.45) is 5.65. The van der Waals surface area contributed by atoms with Crippen molar-refractivity contribution in [3.63, 3.8) is 0 Å². The fraction of sp³-hybridized carbons (Fsp3) is 0.632. The smallest absolute Gasteiger partial charge is 0.143 e. The third-order valence-corrected chi connectivity index (χ3v) is 4.74. The van der Waals surface area contributed by atoms with Gasteiger partial charge in [0.15, 0.2) is 0 Å². The highest BCUT2D eigenvalue weighted by Crippen LogP contribution is 2.36. The van der Waals surface area contributed by atoms with E-state index in [2.05, 4.69) is 56.0 Å². The molecule has 0 saturated heterocycles. The standard InChI is InChI=1S/C19H29NO/c1-4-5-14-20(17-11-7-6-8-12-17)15-16-10-9-13-19(2,3)18(16)21/h6-8,11-12,16H,4-5,9-10,13-15H2,1-3H3. The largest absolute Gasteiger partial charge is 0.371 e. The molecule has 1 aliphatic carbocycles. The number of anilines is 1. The average Bonchev–Trinajstić information content (AvgIpc) is 2.48. The summed E-state index contributed by atoms with van der Waals surface area (Å²) in [6.45, 7) is 8.37. The molecule has 0 radical (unpaired) electrons. The van der Waals surface area contributed by atoms with Crippen LogP contribution in [0.3, 0.4) is 0 Å². The number of Topliss-reactive ketones (excluding diaryl/α,β-unsaturated/α-hetero) is 1. The number of ketones is 1. The van der Waals surface area contributed by atoms with Gasteiger partial charge >= 0.3 is 0 Å². The van der Waals surface area contributed by atoms with Gasteiger partial charge in [0.05, 0.1) is 0 Å². The summed E-state index contributed by atoms with van der Waals surface area (Å²) in [5.41, 5.74) is 1.12. The summed E-state index contributed by atoms with van der Waals surface area (Å²) in [7, 11) is 0. The fourth-order valence-electron chi connectivity index (χ4n) is 3.35. The second-order valence-corrected chi connectivity index (χ2v) is 6.97. The van der Waals surface area contributed by atoms with E-state index in [0.29, 0.717) is 5.78 Å². The summed E-state index contributed by atoms with van der Waals surface area (Å²) in [4.78, 5) is 15.1. The minimum Gasteiger partial charge on any atom is -0.371 e. The van der Waals surface area contributed by atoms with Gasteiger partial charge in [-0.05, 0) is 31.4 Å². The topological polar surface area (TPSA) is 20.3 Å². The lowest BCUT2D eigenvalue weighted by Crippen LogP contribution is -2.42. The molecule has 0 bridgehead atoms. The molecule has 0 aromatic heterocycles. The molecule has 1 aliphatic rings. The maximum atomic E-state index is 12.7. The average molecular weight is 287 g/mol. The quantitative estimate of drug-likeness (QED) is 0.756. The molecular weight excluding hydrogens is 258 g/mol. The third kappa shape index (κ3) is 4.09. The van der Waals surface area contributed by atoms with Crippen molar-refractivity contribution in [1.82, 2.24) is 0 Å². The Bertz CT molecular complexity index is 452. The second kappa shape index (κ2) is 7.11. The molecule has 0 amide bonds. The van der Waals surface area contributed by atoms with E-state index in [1.165, 1.54) is 24.9 Å². The summed E-state index contributed by atoms with van der Waals surface area (Å²) in [5, 5.41) is 0. The number of para-hydroxylation sites is 1. The van der Waals surface area contributed by atoms with Crippen LogP contribution in [0.15, 0.2) is 30.3 Å². The van der Waals surface area contributed by atoms with Crippen molar-refractivity contribution < 1.29 is 4.79 Å². The number of hydrogen-bond acceptors (Lipinski definition) is 2. The van der Waals surface area contributed by atoms with E-state index in [0.717, 1.165) is 25.9 Å². The lowest BCUT2D eigenvalue weighted by Gasteiger charge is -2.37. The van der Waals surface area contributed by atoms with Crippen LogP contribution in [0.1, 0.15) is 52.9 Å². The van der Waals surface area contributed by atoms with Gasteiger partial charge in [-0.3, -0.25) is 4.79 Å². The molecule has 0 spiro atoms. The van der Waals surface area contributed by atoms with Gasteiger partial charge in [-0.2, -0.15) is 0 Å². The van der Waals surface area contributed by atoms with Crippen LogP contribution >= 0.6 is 0 Å². The summed E-state index contributed by atoms with van der Waals surface area (Å²) < 4.78 is 0. The molecule has 116 valence electrons. The molecule has 1 saturated carbocycles. The van der Waals surface area contributed by atoms with Crippen LogP contribution < -0.4 is 4.90 Å². The Labute approximate surface area is 129 Å². The maximum Gasteiger partial charge on any atom is 0.143 e. The van der Waals surface area contributed by atoms with Gasteiger partial charge in [0.2, 0.25) is 0 Å². The maximum absolute atomic E-state index is 12.7. The van der Waals surface area contributed by atoms with Gasteiger partial charge < -0.3 is 4.90 Å². The van der Waals surface area contributed by atoms with Crippen LogP contribution in [-0.4, -0.2) is 18.9 Å². The van der Waals surface area contributed by atoms with Gasteiger partial charge in [-0.25, -0.2) is 0 Å². The summed E-state index contributed by atoms with van der Waals surface area (Å²) in [6, 6.07) is 10.5. The third-order valence-electron chi connectivity index (χ3n) is 4.74. The fourth-order valence-corrected chi connectivity index (χ4v) is 3.35. The first kappa shape index (κ1) is 16.1. The van der Waals surface area contributed by atoms with Crippen molar-refractivity contribution >= 4 is 11.5 Å². The number of unbranched alkanes of at least 4 members (excludes halogenated alkanes) is 1. The lowest BCUT2D eigenvalue weighted by atomic mass is 9.71. The van der Waals surface area contributed by atoms with Gasteiger partial charge in [-0.1, -0.05) is 51.8 Å². The van der Waals surface area contributed by atoms with Crippen LogP contribution in [0.4, 0.5) is 5.69 Å². The van der Waals surface area contributed by atoms with Crippen molar-refractivity contribution in [2.24, 2.45) is 11.3 Å². The van der Waals surface area contributed by atoms with E-state index in [4.69, 9.17) is 0 Å². The molecule has 0 N–H and O–H groups in total. The zero-order chi connectivity index (χ0) is 15.3.